The molecular formula is C14H18ClN3O2S. The second-order valence-electron chi connectivity index (χ2n) is 5.17. The third-order valence-corrected chi connectivity index (χ3v) is 4.26. The van der Waals surface area contributed by atoms with E-state index in [4.69, 9.17) is 11.6 Å². The molecule has 2 rings (SSSR count). The highest BCUT2D eigenvalue weighted by molar-refractivity contribution is 8.14. The van der Waals surface area contributed by atoms with E-state index >= 15 is 0 Å². The molecule has 5 nitrogen and oxygen atoms in total. The Hall–Kier alpha value is -1.24. The normalized spacial score (nSPS) is 19.4. The number of rotatable bonds is 5. The van der Waals surface area contributed by atoms with Crippen LogP contribution in [0.15, 0.2) is 24.3 Å². The largest absolute Gasteiger partial charge is 0.346 e. The van der Waals surface area contributed by atoms with Gasteiger partial charge in [-0.25, -0.2) is 0 Å². The molecule has 0 spiro atoms. The molecule has 0 saturated carbocycles. The maximum absolute atomic E-state index is 12.2. The van der Waals surface area contributed by atoms with Crippen molar-refractivity contribution in [1.82, 2.24) is 15.5 Å². The first kappa shape index (κ1) is 16.1. The molecule has 0 radical (unpaired) electrons. The lowest BCUT2D eigenvalue weighted by atomic mass is 10.1. The Labute approximate surface area is 133 Å². The van der Waals surface area contributed by atoms with Crippen molar-refractivity contribution in [3.05, 3.63) is 34.9 Å². The molecule has 0 bridgehead atoms. The monoisotopic (exact) mass is 327 g/mol. The number of carbonyl (C=O) groups excluding carboxylic acids is 2. The van der Waals surface area contributed by atoms with Gasteiger partial charge in [0.05, 0.1) is 6.04 Å². The Morgan fingerprint density at radius 3 is 2.67 bits per heavy atom. The summed E-state index contributed by atoms with van der Waals surface area (Å²) in [4.78, 5) is 25.4. The average Bonchev–Trinajstić information content (AvgIpc) is 2.85. The quantitative estimate of drug-likeness (QED) is 0.867. The predicted molar refractivity (Wildman–Crippen MR) is 85.7 cm³/mol. The van der Waals surface area contributed by atoms with Gasteiger partial charge in [-0.2, -0.15) is 0 Å². The SMILES string of the molecule is CN(C)C[C@H](NC(=O)[C@@H]1CSC(=O)N1)c1ccc(Cl)cc1. The highest BCUT2D eigenvalue weighted by Crippen LogP contribution is 2.19. The zero-order valence-electron chi connectivity index (χ0n) is 11.9. The fourth-order valence-electron chi connectivity index (χ4n) is 2.09. The minimum absolute atomic E-state index is 0.146. The van der Waals surface area contributed by atoms with Crippen LogP contribution in [-0.2, 0) is 4.79 Å². The van der Waals surface area contributed by atoms with Crippen LogP contribution in [-0.4, -0.2) is 48.5 Å². The maximum Gasteiger partial charge on any atom is 0.279 e. The van der Waals surface area contributed by atoms with Crippen molar-refractivity contribution in [1.29, 1.82) is 0 Å². The van der Waals surface area contributed by atoms with Crippen molar-refractivity contribution in [2.75, 3.05) is 26.4 Å². The van der Waals surface area contributed by atoms with E-state index in [-0.39, 0.29) is 17.2 Å². The molecule has 2 N–H and O–H groups in total. The van der Waals surface area contributed by atoms with Gasteiger partial charge in [0.2, 0.25) is 5.91 Å². The van der Waals surface area contributed by atoms with Gasteiger partial charge in [-0.3, -0.25) is 9.59 Å². The van der Waals surface area contributed by atoms with Gasteiger partial charge in [0, 0.05) is 17.3 Å². The third-order valence-electron chi connectivity index (χ3n) is 3.13. The Morgan fingerprint density at radius 1 is 1.48 bits per heavy atom. The van der Waals surface area contributed by atoms with E-state index in [1.807, 2.05) is 31.1 Å². The van der Waals surface area contributed by atoms with Gasteiger partial charge in [0.1, 0.15) is 6.04 Å². The summed E-state index contributed by atoms with van der Waals surface area (Å²) in [6, 6.07) is 6.81. The number of hydrogen-bond donors (Lipinski definition) is 2. The van der Waals surface area contributed by atoms with E-state index in [9.17, 15) is 9.59 Å². The topological polar surface area (TPSA) is 61.4 Å². The number of hydrogen-bond acceptors (Lipinski definition) is 4. The molecular weight excluding hydrogens is 310 g/mol. The zero-order valence-corrected chi connectivity index (χ0v) is 13.5. The predicted octanol–water partition coefficient (Wildman–Crippen LogP) is 1.88. The molecule has 1 aromatic rings. The number of thioether (sulfide) groups is 1. The molecule has 0 aliphatic carbocycles. The van der Waals surface area contributed by atoms with Crippen molar-refractivity contribution in [2.45, 2.75) is 12.1 Å². The lowest BCUT2D eigenvalue weighted by Crippen LogP contribution is -2.46. The second-order valence-corrected chi connectivity index (χ2v) is 6.60. The fourth-order valence-corrected chi connectivity index (χ4v) is 3.00. The van der Waals surface area contributed by atoms with Gasteiger partial charge in [0.15, 0.2) is 0 Å². The van der Waals surface area contributed by atoms with Crippen LogP contribution in [0.5, 0.6) is 0 Å². The third kappa shape index (κ3) is 4.62. The molecule has 1 fully saturated rings. The van der Waals surface area contributed by atoms with Crippen molar-refractivity contribution in [3.8, 4) is 0 Å². The maximum atomic E-state index is 12.2. The summed E-state index contributed by atoms with van der Waals surface area (Å²) in [7, 11) is 3.89. The molecule has 0 unspecified atom stereocenters. The van der Waals surface area contributed by atoms with Crippen molar-refractivity contribution < 1.29 is 9.59 Å². The number of nitrogens with zero attached hydrogens (tertiary/aromatic N) is 1. The molecule has 1 aliphatic heterocycles. The number of halogens is 1. The highest BCUT2D eigenvalue weighted by Gasteiger charge is 2.29. The average molecular weight is 328 g/mol. The van der Waals surface area contributed by atoms with E-state index < -0.39 is 6.04 Å². The Morgan fingerprint density at radius 2 is 2.14 bits per heavy atom. The first-order valence-corrected chi connectivity index (χ1v) is 7.96. The van der Waals surface area contributed by atoms with Gasteiger partial charge in [-0.15, -0.1) is 0 Å². The smallest absolute Gasteiger partial charge is 0.279 e. The van der Waals surface area contributed by atoms with Crippen LogP contribution in [0.4, 0.5) is 4.79 Å². The summed E-state index contributed by atoms with van der Waals surface area (Å²) in [5.41, 5.74) is 0.985. The number of likely N-dealkylation sites (N-methyl/N-ethyl adjacent to an activating group) is 1. The molecule has 1 aromatic carbocycles. The lowest BCUT2D eigenvalue weighted by Gasteiger charge is -2.24. The first-order chi connectivity index (χ1) is 9.95. The number of carbonyl (C=O) groups is 2. The van der Waals surface area contributed by atoms with E-state index in [0.29, 0.717) is 17.3 Å². The molecule has 21 heavy (non-hydrogen) atoms. The summed E-state index contributed by atoms with van der Waals surface area (Å²) in [5.74, 6) is 0.315. The molecule has 7 heteroatoms. The lowest BCUT2D eigenvalue weighted by molar-refractivity contribution is -0.123. The van der Waals surface area contributed by atoms with Crippen LogP contribution in [0.2, 0.25) is 5.02 Å². The van der Waals surface area contributed by atoms with Crippen LogP contribution in [0.1, 0.15) is 11.6 Å². The number of nitrogens with one attached hydrogen (secondary N) is 2. The summed E-state index contributed by atoms with van der Waals surface area (Å²) in [6.45, 7) is 0.668. The molecule has 0 aromatic heterocycles. The summed E-state index contributed by atoms with van der Waals surface area (Å²) in [5, 5.41) is 6.16. The van der Waals surface area contributed by atoms with Gasteiger partial charge in [-0.05, 0) is 31.8 Å². The van der Waals surface area contributed by atoms with Crippen LogP contribution in [0.25, 0.3) is 0 Å². The van der Waals surface area contributed by atoms with Gasteiger partial charge in [-0.1, -0.05) is 35.5 Å². The molecule has 1 heterocycles. The molecule has 1 saturated heterocycles. The van der Waals surface area contributed by atoms with E-state index in [0.717, 1.165) is 17.3 Å². The Bertz CT molecular complexity index is 521. The number of benzene rings is 1. The van der Waals surface area contributed by atoms with E-state index in [2.05, 4.69) is 10.6 Å². The van der Waals surface area contributed by atoms with Gasteiger partial charge < -0.3 is 15.5 Å². The number of amides is 2. The summed E-state index contributed by atoms with van der Waals surface area (Å²) >= 11 is 7.03. The van der Waals surface area contributed by atoms with Crippen LogP contribution in [0.3, 0.4) is 0 Å². The first-order valence-electron chi connectivity index (χ1n) is 6.59. The molecule has 2 amide bonds. The molecule has 1 aliphatic rings. The standard InChI is InChI=1S/C14H18ClN3O2S/c1-18(2)7-11(9-3-5-10(15)6-4-9)16-13(19)12-8-21-14(20)17-12/h3-6,11-12H,7-8H2,1-2H3,(H,16,19)(H,17,20)/t11-,12-/m0/s1. The van der Waals surface area contributed by atoms with Gasteiger partial charge >= 0.3 is 0 Å². The highest BCUT2D eigenvalue weighted by atomic mass is 35.5. The summed E-state index contributed by atoms with van der Waals surface area (Å²) < 4.78 is 0. The fraction of sp³-hybridized carbons (Fsp3) is 0.429. The molecule has 2 atom stereocenters. The van der Waals surface area contributed by atoms with Gasteiger partial charge in [0.25, 0.3) is 5.24 Å². The minimum atomic E-state index is -0.459. The van der Waals surface area contributed by atoms with Crippen LogP contribution < -0.4 is 10.6 Å². The van der Waals surface area contributed by atoms with Crippen LogP contribution in [0, 0.1) is 0 Å². The minimum Gasteiger partial charge on any atom is -0.346 e. The van der Waals surface area contributed by atoms with Crippen molar-refractivity contribution >= 4 is 34.5 Å². The van der Waals surface area contributed by atoms with E-state index in [1.165, 1.54) is 0 Å². The van der Waals surface area contributed by atoms with E-state index in [1.54, 1.807) is 12.1 Å². The van der Waals surface area contributed by atoms with Crippen molar-refractivity contribution in [3.63, 3.8) is 0 Å². The van der Waals surface area contributed by atoms with Crippen molar-refractivity contribution in [2.24, 2.45) is 0 Å². The second kappa shape index (κ2) is 7.15. The summed E-state index contributed by atoms with van der Waals surface area (Å²) in [6.07, 6.45) is 0. The Kier molecular flexibility index (Phi) is 5.50. The Balaban J connectivity index is 2.07. The molecule has 114 valence electrons. The van der Waals surface area contributed by atoms with Crippen LogP contribution >= 0.6 is 23.4 Å². The zero-order chi connectivity index (χ0) is 15.4.